The van der Waals surface area contributed by atoms with E-state index in [1.165, 1.54) is 0 Å². The second-order valence-electron chi connectivity index (χ2n) is 2.47. The minimum atomic E-state index is -4.59. The lowest BCUT2D eigenvalue weighted by atomic mass is 9.97. The molecule has 0 bridgehead atoms. The number of carbonyl (C=O) groups excluding carboxylic acids is 1. The van der Waals surface area contributed by atoms with E-state index in [1.54, 1.807) is 0 Å². The summed E-state index contributed by atoms with van der Waals surface area (Å²) in [7, 11) is 0. The summed E-state index contributed by atoms with van der Waals surface area (Å²) < 4.78 is 36.5. The van der Waals surface area contributed by atoms with Crippen LogP contribution in [0.3, 0.4) is 0 Å². The topological polar surface area (TPSA) is 49.7 Å². The molecule has 0 fully saturated rings. The standard InChI is InChI=1S/C7H6F3NO2/c8-7(9,10)5-1-2-11-6(13)4(5)3-12/h1-2,4,12H,3H2. The minimum Gasteiger partial charge on any atom is -0.395 e. The number of rotatable bonds is 1. The third-order valence-corrected chi connectivity index (χ3v) is 1.64. The lowest BCUT2D eigenvalue weighted by Gasteiger charge is -2.19. The van der Waals surface area contributed by atoms with Crippen molar-refractivity contribution in [3.05, 3.63) is 11.6 Å². The van der Waals surface area contributed by atoms with Gasteiger partial charge in [-0.1, -0.05) is 0 Å². The molecule has 1 aliphatic rings. The molecule has 1 heterocycles. The summed E-state index contributed by atoms with van der Waals surface area (Å²) in [6.45, 7) is -0.873. The molecule has 0 spiro atoms. The lowest BCUT2D eigenvalue weighted by molar-refractivity contribution is -0.129. The van der Waals surface area contributed by atoms with E-state index in [-0.39, 0.29) is 0 Å². The van der Waals surface area contributed by atoms with Crippen LogP contribution in [0.15, 0.2) is 16.6 Å². The Morgan fingerprint density at radius 3 is 2.54 bits per heavy atom. The summed E-state index contributed by atoms with van der Waals surface area (Å²) in [5, 5.41) is 8.56. The quantitative estimate of drug-likeness (QED) is 0.666. The van der Waals surface area contributed by atoms with E-state index in [0.717, 1.165) is 6.21 Å². The fourth-order valence-corrected chi connectivity index (χ4v) is 0.999. The van der Waals surface area contributed by atoms with Crippen LogP contribution >= 0.6 is 0 Å². The van der Waals surface area contributed by atoms with E-state index >= 15 is 0 Å². The maximum absolute atomic E-state index is 12.2. The normalized spacial score (nSPS) is 23.2. The van der Waals surface area contributed by atoms with Crippen LogP contribution in [0.4, 0.5) is 13.2 Å². The second-order valence-corrected chi connectivity index (χ2v) is 2.47. The molecule has 0 aromatic heterocycles. The summed E-state index contributed by atoms with van der Waals surface area (Å²) in [6, 6.07) is 0. The molecule has 1 rings (SSSR count). The number of aliphatic imine (C=N–C) groups is 1. The smallest absolute Gasteiger partial charge is 0.395 e. The molecule has 1 N–H and O–H groups in total. The fraction of sp³-hybridized carbons (Fsp3) is 0.429. The van der Waals surface area contributed by atoms with Crippen molar-refractivity contribution in [2.45, 2.75) is 6.18 Å². The Balaban J connectivity index is 3.00. The number of halogens is 3. The summed E-state index contributed by atoms with van der Waals surface area (Å²) >= 11 is 0. The predicted octanol–water partition coefficient (Wildman–Crippen LogP) is 0.695. The minimum absolute atomic E-state index is 0.697. The summed E-state index contributed by atoms with van der Waals surface area (Å²) in [6.07, 6.45) is -3.10. The highest BCUT2D eigenvalue weighted by atomic mass is 19.4. The molecular weight excluding hydrogens is 187 g/mol. The first-order valence-corrected chi connectivity index (χ1v) is 3.43. The zero-order valence-electron chi connectivity index (χ0n) is 6.38. The maximum atomic E-state index is 12.2. The Kier molecular flexibility index (Phi) is 2.51. The summed E-state index contributed by atoms with van der Waals surface area (Å²) in [5.41, 5.74) is -1.05. The molecule has 0 aromatic carbocycles. The van der Waals surface area contributed by atoms with Crippen molar-refractivity contribution in [3.8, 4) is 0 Å². The van der Waals surface area contributed by atoms with Crippen LogP contribution in [-0.2, 0) is 4.79 Å². The molecule has 0 aromatic rings. The van der Waals surface area contributed by atoms with Gasteiger partial charge in [0.1, 0.15) is 0 Å². The van der Waals surface area contributed by atoms with Gasteiger partial charge in [-0.3, -0.25) is 4.79 Å². The second kappa shape index (κ2) is 3.29. The largest absolute Gasteiger partial charge is 0.413 e. The first-order chi connectivity index (χ1) is 5.96. The molecule has 1 unspecified atom stereocenters. The van der Waals surface area contributed by atoms with Gasteiger partial charge in [0.25, 0.3) is 5.91 Å². The van der Waals surface area contributed by atoms with E-state index in [4.69, 9.17) is 5.11 Å². The molecule has 0 aliphatic carbocycles. The van der Waals surface area contributed by atoms with Crippen LogP contribution in [0, 0.1) is 5.92 Å². The van der Waals surface area contributed by atoms with Crippen molar-refractivity contribution in [3.63, 3.8) is 0 Å². The molecule has 1 aliphatic heterocycles. The van der Waals surface area contributed by atoms with Gasteiger partial charge in [-0.15, -0.1) is 0 Å². The van der Waals surface area contributed by atoms with Gasteiger partial charge >= 0.3 is 6.18 Å². The number of alkyl halides is 3. The fourth-order valence-electron chi connectivity index (χ4n) is 0.999. The van der Waals surface area contributed by atoms with Gasteiger partial charge in [0.05, 0.1) is 12.5 Å². The number of hydrogen-bond donors (Lipinski definition) is 1. The monoisotopic (exact) mass is 193 g/mol. The van der Waals surface area contributed by atoms with Crippen LogP contribution in [0.1, 0.15) is 0 Å². The number of nitrogens with zero attached hydrogens (tertiary/aromatic N) is 1. The van der Waals surface area contributed by atoms with E-state index in [0.29, 0.717) is 6.08 Å². The lowest BCUT2D eigenvalue weighted by Crippen LogP contribution is -2.30. The van der Waals surface area contributed by atoms with Crippen molar-refractivity contribution < 1.29 is 23.1 Å². The average Bonchev–Trinajstić information content (AvgIpc) is 2.02. The Labute approximate surface area is 71.6 Å². The molecule has 6 heteroatoms. The molecule has 0 radical (unpaired) electrons. The number of amides is 1. The number of hydrogen-bond acceptors (Lipinski definition) is 2. The Hall–Kier alpha value is -1.17. The van der Waals surface area contributed by atoms with Crippen LogP contribution in [-0.4, -0.2) is 30.0 Å². The van der Waals surface area contributed by atoms with Crippen molar-refractivity contribution >= 4 is 12.1 Å². The highest BCUT2D eigenvalue weighted by Gasteiger charge is 2.42. The van der Waals surface area contributed by atoms with E-state index < -0.39 is 30.2 Å². The van der Waals surface area contributed by atoms with Crippen LogP contribution < -0.4 is 0 Å². The van der Waals surface area contributed by atoms with Gasteiger partial charge in [-0.25, -0.2) is 4.99 Å². The number of carbonyl (C=O) groups is 1. The zero-order chi connectivity index (χ0) is 10.1. The van der Waals surface area contributed by atoms with Crippen molar-refractivity contribution in [1.82, 2.24) is 0 Å². The number of dihydropyridines is 1. The Morgan fingerprint density at radius 2 is 2.15 bits per heavy atom. The van der Waals surface area contributed by atoms with Gasteiger partial charge in [-0.05, 0) is 6.08 Å². The van der Waals surface area contributed by atoms with Crippen LogP contribution in [0.25, 0.3) is 0 Å². The molecule has 72 valence electrons. The summed E-state index contributed by atoms with van der Waals surface area (Å²) in [5.74, 6) is -2.53. The molecule has 0 saturated carbocycles. The van der Waals surface area contributed by atoms with Gasteiger partial charge in [0.2, 0.25) is 0 Å². The molecule has 13 heavy (non-hydrogen) atoms. The van der Waals surface area contributed by atoms with Crippen LogP contribution in [0.5, 0.6) is 0 Å². The van der Waals surface area contributed by atoms with Crippen molar-refractivity contribution in [2.24, 2.45) is 10.9 Å². The van der Waals surface area contributed by atoms with E-state index in [1.807, 2.05) is 0 Å². The highest BCUT2D eigenvalue weighted by molar-refractivity contribution is 5.96. The molecule has 1 atom stereocenters. The average molecular weight is 193 g/mol. The third-order valence-electron chi connectivity index (χ3n) is 1.64. The maximum Gasteiger partial charge on any atom is 0.413 e. The van der Waals surface area contributed by atoms with E-state index in [9.17, 15) is 18.0 Å². The predicted molar refractivity (Wildman–Crippen MR) is 38.2 cm³/mol. The van der Waals surface area contributed by atoms with Gasteiger partial charge in [0, 0.05) is 11.8 Å². The van der Waals surface area contributed by atoms with Crippen molar-refractivity contribution in [2.75, 3.05) is 6.61 Å². The van der Waals surface area contributed by atoms with Gasteiger partial charge in [0.15, 0.2) is 0 Å². The Morgan fingerprint density at radius 1 is 1.54 bits per heavy atom. The summed E-state index contributed by atoms with van der Waals surface area (Å²) in [4.78, 5) is 13.9. The molecular formula is C7H6F3NO2. The molecule has 1 amide bonds. The SMILES string of the molecule is O=C1N=CC=C(C(F)(F)F)C1CO. The zero-order valence-corrected chi connectivity index (χ0v) is 6.38. The Bertz CT molecular complexity index is 280. The third kappa shape index (κ3) is 1.95. The molecule has 3 nitrogen and oxygen atoms in total. The highest BCUT2D eigenvalue weighted by Crippen LogP contribution is 2.32. The van der Waals surface area contributed by atoms with Crippen molar-refractivity contribution in [1.29, 1.82) is 0 Å². The first kappa shape index (κ1) is 9.91. The van der Waals surface area contributed by atoms with E-state index in [2.05, 4.69) is 4.99 Å². The molecule has 0 saturated heterocycles. The number of aliphatic hydroxyl groups excluding tert-OH is 1. The number of aliphatic hydroxyl groups is 1. The number of allylic oxidation sites excluding steroid dienone is 1. The van der Waals surface area contributed by atoms with Gasteiger partial charge < -0.3 is 5.11 Å². The van der Waals surface area contributed by atoms with Crippen LogP contribution in [0.2, 0.25) is 0 Å². The first-order valence-electron chi connectivity index (χ1n) is 3.43. The van der Waals surface area contributed by atoms with Gasteiger partial charge in [-0.2, -0.15) is 13.2 Å².